The van der Waals surface area contributed by atoms with Crippen molar-refractivity contribution in [2.24, 2.45) is 0 Å². The van der Waals surface area contributed by atoms with Crippen LogP contribution in [0.4, 0.5) is 11.5 Å². The molecule has 2 aromatic rings. The quantitative estimate of drug-likeness (QED) is 0.883. The fraction of sp³-hybridized carbons (Fsp3) is 0.250. The number of benzene rings is 1. The monoisotopic (exact) mass is 284 g/mol. The lowest BCUT2D eigenvalue weighted by atomic mass is 10.1. The number of carbonyl (C=O) groups excluding carboxylic acids is 1. The molecule has 1 aromatic carbocycles. The minimum Gasteiger partial charge on any atom is -0.380 e. The molecule has 0 saturated carbocycles. The van der Waals surface area contributed by atoms with E-state index in [9.17, 15) is 4.79 Å². The highest BCUT2D eigenvalue weighted by Crippen LogP contribution is 2.13. The molecule has 0 aliphatic heterocycles. The van der Waals surface area contributed by atoms with Gasteiger partial charge in [0.2, 0.25) is 0 Å². The highest BCUT2D eigenvalue weighted by molar-refractivity contribution is 5.93. The zero-order valence-electron chi connectivity index (χ0n) is 12.6. The standard InChI is InChI=1S/C16H20N4O/c1-17-16(21)13-6-4-12(5-7-13)10-18-14-8-9-15(19-11-14)20(2)3/h4-9,11,18H,10H2,1-3H3,(H,17,21). The molecule has 0 atom stereocenters. The van der Waals surface area contributed by atoms with E-state index < -0.39 is 0 Å². The summed E-state index contributed by atoms with van der Waals surface area (Å²) in [4.78, 5) is 17.8. The number of pyridine rings is 1. The Balaban J connectivity index is 1.95. The van der Waals surface area contributed by atoms with Crippen molar-refractivity contribution in [1.29, 1.82) is 0 Å². The minimum absolute atomic E-state index is 0.0713. The number of amides is 1. The number of aromatic nitrogens is 1. The van der Waals surface area contributed by atoms with Crippen LogP contribution < -0.4 is 15.5 Å². The van der Waals surface area contributed by atoms with Crippen molar-refractivity contribution < 1.29 is 4.79 Å². The number of nitrogens with zero attached hydrogens (tertiary/aromatic N) is 2. The van der Waals surface area contributed by atoms with Crippen molar-refractivity contribution >= 4 is 17.4 Å². The molecule has 0 unspecified atom stereocenters. The van der Waals surface area contributed by atoms with Crippen LogP contribution in [0.2, 0.25) is 0 Å². The largest absolute Gasteiger partial charge is 0.380 e. The highest BCUT2D eigenvalue weighted by atomic mass is 16.1. The summed E-state index contributed by atoms with van der Waals surface area (Å²) in [6.45, 7) is 0.691. The molecule has 2 rings (SSSR count). The van der Waals surface area contributed by atoms with Crippen LogP contribution >= 0.6 is 0 Å². The van der Waals surface area contributed by atoms with Gasteiger partial charge in [0.15, 0.2) is 0 Å². The molecule has 0 aliphatic carbocycles. The van der Waals surface area contributed by atoms with Crippen LogP contribution in [0.5, 0.6) is 0 Å². The SMILES string of the molecule is CNC(=O)c1ccc(CNc2ccc(N(C)C)nc2)cc1. The Labute approximate surface area is 125 Å². The van der Waals surface area contributed by atoms with Crippen molar-refractivity contribution in [3.8, 4) is 0 Å². The van der Waals surface area contributed by atoms with Crippen molar-refractivity contribution in [1.82, 2.24) is 10.3 Å². The van der Waals surface area contributed by atoms with Crippen LogP contribution in [0.15, 0.2) is 42.6 Å². The van der Waals surface area contributed by atoms with E-state index in [-0.39, 0.29) is 5.91 Å². The van der Waals surface area contributed by atoms with Crippen LogP contribution in [0.3, 0.4) is 0 Å². The fourth-order valence-corrected chi connectivity index (χ4v) is 1.88. The number of rotatable bonds is 5. The predicted molar refractivity (Wildman–Crippen MR) is 85.7 cm³/mol. The maximum absolute atomic E-state index is 11.5. The number of carbonyl (C=O) groups is 1. The second-order valence-corrected chi connectivity index (χ2v) is 4.93. The second kappa shape index (κ2) is 6.74. The Morgan fingerprint density at radius 2 is 1.86 bits per heavy atom. The van der Waals surface area contributed by atoms with E-state index in [1.165, 1.54) is 0 Å². The number of nitrogens with one attached hydrogen (secondary N) is 2. The number of anilines is 2. The molecule has 0 spiro atoms. The zero-order chi connectivity index (χ0) is 15.2. The highest BCUT2D eigenvalue weighted by Gasteiger charge is 2.02. The average Bonchev–Trinajstić information content (AvgIpc) is 2.53. The molecule has 2 N–H and O–H groups in total. The molecule has 1 amide bonds. The van der Waals surface area contributed by atoms with Gasteiger partial charge >= 0.3 is 0 Å². The minimum atomic E-state index is -0.0713. The second-order valence-electron chi connectivity index (χ2n) is 4.93. The maximum Gasteiger partial charge on any atom is 0.251 e. The lowest BCUT2D eigenvalue weighted by Gasteiger charge is -2.12. The van der Waals surface area contributed by atoms with Gasteiger partial charge in [-0.3, -0.25) is 4.79 Å². The van der Waals surface area contributed by atoms with Gasteiger partial charge in [-0.25, -0.2) is 4.98 Å². The first-order valence-corrected chi connectivity index (χ1v) is 6.78. The van der Waals surface area contributed by atoms with Gasteiger partial charge in [0, 0.05) is 33.3 Å². The summed E-state index contributed by atoms with van der Waals surface area (Å²) >= 11 is 0. The Hall–Kier alpha value is -2.56. The van der Waals surface area contributed by atoms with E-state index in [0.29, 0.717) is 12.1 Å². The summed E-state index contributed by atoms with van der Waals surface area (Å²) in [6, 6.07) is 11.5. The molecular weight excluding hydrogens is 264 g/mol. The van der Waals surface area contributed by atoms with Crippen molar-refractivity contribution in [2.75, 3.05) is 31.4 Å². The van der Waals surface area contributed by atoms with Crippen LogP contribution in [0, 0.1) is 0 Å². The molecule has 0 fully saturated rings. The molecule has 0 aliphatic rings. The summed E-state index contributed by atoms with van der Waals surface area (Å²) < 4.78 is 0. The Morgan fingerprint density at radius 3 is 2.38 bits per heavy atom. The number of hydrogen-bond acceptors (Lipinski definition) is 4. The van der Waals surface area contributed by atoms with Crippen LogP contribution in [0.25, 0.3) is 0 Å². The van der Waals surface area contributed by atoms with E-state index in [1.807, 2.05) is 61.6 Å². The molecule has 5 heteroatoms. The molecule has 0 saturated heterocycles. The Kier molecular flexibility index (Phi) is 4.77. The van der Waals surface area contributed by atoms with E-state index in [4.69, 9.17) is 0 Å². The van der Waals surface area contributed by atoms with Crippen molar-refractivity contribution in [2.45, 2.75) is 6.54 Å². The van der Waals surface area contributed by atoms with E-state index in [2.05, 4.69) is 15.6 Å². The van der Waals surface area contributed by atoms with Crippen molar-refractivity contribution in [3.05, 3.63) is 53.7 Å². The predicted octanol–water partition coefficient (Wildman–Crippen LogP) is 2.12. The lowest BCUT2D eigenvalue weighted by Crippen LogP contribution is -2.17. The first-order chi connectivity index (χ1) is 10.1. The van der Waals surface area contributed by atoms with Gasteiger partial charge in [0.1, 0.15) is 5.82 Å². The molecule has 1 heterocycles. The van der Waals surface area contributed by atoms with E-state index >= 15 is 0 Å². The number of hydrogen-bond donors (Lipinski definition) is 2. The van der Waals surface area contributed by atoms with E-state index in [1.54, 1.807) is 7.05 Å². The molecule has 21 heavy (non-hydrogen) atoms. The molecule has 0 radical (unpaired) electrons. The Bertz CT molecular complexity index is 591. The van der Waals surface area contributed by atoms with E-state index in [0.717, 1.165) is 17.1 Å². The van der Waals surface area contributed by atoms with Crippen LogP contribution in [-0.2, 0) is 6.54 Å². The molecule has 5 nitrogen and oxygen atoms in total. The topological polar surface area (TPSA) is 57.3 Å². The van der Waals surface area contributed by atoms with Gasteiger partial charge in [-0.2, -0.15) is 0 Å². The summed E-state index contributed by atoms with van der Waals surface area (Å²) in [5.74, 6) is 0.855. The fourth-order valence-electron chi connectivity index (χ4n) is 1.88. The van der Waals surface area contributed by atoms with Gasteiger partial charge in [0.25, 0.3) is 5.91 Å². The third-order valence-electron chi connectivity index (χ3n) is 3.15. The van der Waals surface area contributed by atoms with Crippen LogP contribution in [-0.4, -0.2) is 32.0 Å². The Morgan fingerprint density at radius 1 is 1.14 bits per heavy atom. The summed E-state index contributed by atoms with van der Waals surface area (Å²) in [7, 11) is 5.55. The van der Waals surface area contributed by atoms with Gasteiger partial charge < -0.3 is 15.5 Å². The third kappa shape index (κ3) is 3.95. The average molecular weight is 284 g/mol. The van der Waals surface area contributed by atoms with Crippen molar-refractivity contribution in [3.63, 3.8) is 0 Å². The molecule has 110 valence electrons. The van der Waals surface area contributed by atoms with Gasteiger partial charge in [-0.1, -0.05) is 12.1 Å². The van der Waals surface area contributed by atoms with Crippen LogP contribution in [0.1, 0.15) is 15.9 Å². The normalized spacial score (nSPS) is 10.0. The first-order valence-electron chi connectivity index (χ1n) is 6.78. The molecule has 1 aromatic heterocycles. The smallest absolute Gasteiger partial charge is 0.251 e. The maximum atomic E-state index is 11.5. The molecular formula is C16H20N4O. The third-order valence-corrected chi connectivity index (χ3v) is 3.15. The summed E-state index contributed by atoms with van der Waals surface area (Å²) in [5, 5.41) is 5.91. The van der Waals surface area contributed by atoms with Gasteiger partial charge in [-0.05, 0) is 29.8 Å². The van der Waals surface area contributed by atoms with Gasteiger partial charge in [-0.15, -0.1) is 0 Å². The summed E-state index contributed by atoms with van der Waals surface area (Å²) in [6.07, 6.45) is 1.81. The molecule has 0 bridgehead atoms. The summed E-state index contributed by atoms with van der Waals surface area (Å²) in [5.41, 5.74) is 2.74. The van der Waals surface area contributed by atoms with Gasteiger partial charge in [0.05, 0.1) is 11.9 Å². The zero-order valence-corrected chi connectivity index (χ0v) is 12.6. The first kappa shape index (κ1) is 14.8. The lowest BCUT2D eigenvalue weighted by molar-refractivity contribution is 0.0963.